The molecule has 18 nitrogen and oxygen atoms in total. The second kappa shape index (κ2) is 22.2. The number of thiazole rings is 1. The van der Waals surface area contributed by atoms with Crippen molar-refractivity contribution >= 4 is 45.8 Å². The van der Waals surface area contributed by atoms with E-state index in [1.165, 1.54) is 29.2 Å². The fraction of sp³-hybridized carbons (Fsp3) is 0.648. The Kier molecular flexibility index (Phi) is 15.8. The molecule has 8 heterocycles. The van der Waals surface area contributed by atoms with E-state index in [4.69, 9.17) is 33.7 Å². The third-order valence-corrected chi connectivity index (χ3v) is 16.7. The largest absolute Gasteiger partial charge is 0.464 e. The summed E-state index contributed by atoms with van der Waals surface area (Å²) in [6.07, 6.45) is 6.57. The number of amides is 3. The number of benzene rings is 1. The number of cyclic esters (lactones) is 1. The molecule has 10 rings (SSSR count). The summed E-state index contributed by atoms with van der Waals surface area (Å²) < 4.78 is 33.5. The summed E-state index contributed by atoms with van der Waals surface area (Å²) in [5.41, 5.74) is 10.2. The summed E-state index contributed by atoms with van der Waals surface area (Å²) >= 11 is 1.37. The summed E-state index contributed by atoms with van der Waals surface area (Å²) in [6, 6.07) is 6.64. The minimum Gasteiger partial charge on any atom is -0.464 e. The third-order valence-electron chi connectivity index (χ3n) is 15.8. The number of nitrogens with one attached hydrogen (secondary N) is 2. The highest BCUT2D eigenvalue weighted by molar-refractivity contribution is 7.10. The first-order valence-corrected chi connectivity index (χ1v) is 27.6. The van der Waals surface area contributed by atoms with E-state index in [9.17, 15) is 19.5 Å². The minimum atomic E-state index is -1.22. The number of piperazine rings is 1. The summed E-state index contributed by atoms with van der Waals surface area (Å²) in [7, 11) is 1.73. The van der Waals surface area contributed by atoms with Gasteiger partial charge in [-0.1, -0.05) is 19.9 Å². The SMILES string of the molecule is CCO[C@@H]1c2nc(cs2)-c2ccc3c(c2)c(c(-c2cc(N4CCN(C5CC5)CC4)cnc2[C@H](C)OC)n3CCOC2CCOCC2)CC(C)(C)COC(=O)[C@@H]2CCCN(N2)C(=O)[C@H]1NC(=O)N1CC[C@H]1[C@@H](C)O. The lowest BCUT2D eigenvalue weighted by Crippen LogP contribution is -2.65. The molecule has 3 aromatic heterocycles. The van der Waals surface area contributed by atoms with Crippen molar-refractivity contribution in [3.05, 3.63) is 52.1 Å². The van der Waals surface area contributed by atoms with Crippen LogP contribution in [0.2, 0.25) is 0 Å². The number of urea groups is 1. The van der Waals surface area contributed by atoms with E-state index in [1.54, 1.807) is 18.9 Å². The van der Waals surface area contributed by atoms with E-state index < -0.39 is 47.6 Å². The Hall–Kier alpha value is -4.73. The molecule has 19 heteroatoms. The zero-order valence-corrected chi connectivity index (χ0v) is 44.3. The van der Waals surface area contributed by atoms with Crippen molar-refractivity contribution in [2.45, 2.75) is 141 Å². The lowest BCUT2D eigenvalue weighted by molar-refractivity contribution is -0.156. The van der Waals surface area contributed by atoms with Crippen LogP contribution in [0, 0.1) is 5.41 Å². The van der Waals surface area contributed by atoms with Gasteiger partial charge in [-0.3, -0.25) is 24.5 Å². The second-order valence-corrected chi connectivity index (χ2v) is 22.5. The standard InChI is InChI=1S/C54H75N9O9S/c1-7-70-49-47(57-53(67)62-18-14-44(62)33(2)64)51(65)63-17-8-9-42(58-63)52(66)72-32-54(4,5)29-41-39-27-35(43-31-73-50(49)56-43)10-13-45(39)61(23-26-71-38-15-24-69-25-16-38)48(41)40-28-37(30-55-46(40)34(3)68-6)60-21-19-59(20-22-60)36-11-12-36/h10,13,27-28,30-31,33-34,36,38,42,44,47,49,58,64H,7-9,11-12,14-26,29,32H2,1-6H3,(H,57,67)/t33-,34+,42+,44+,47+,49+/m1/s1. The van der Waals surface area contributed by atoms with Gasteiger partial charge in [0.2, 0.25) is 0 Å². The van der Waals surface area contributed by atoms with Crippen molar-refractivity contribution in [3.8, 4) is 22.5 Å². The lowest BCUT2D eigenvalue weighted by Gasteiger charge is -2.44. The molecule has 6 aliphatic rings. The van der Waals surface area contributed by atoms with E-state index in [2.05, 4.69) is 63.2 Å². The number of pyridine rings is 1. The van der Waals surface area contributed by atoms with Crippen LogP contribution in [0.3, 0.4) is 0 Å². The number of esters is 1. The van der Waals surface area contributed by atoms with Gasteiger partial charge in [0.15, 0.2) is 0 Å². The molecule has 5 aliphatic heterocycles. The quantitative estimate of drug-likeness (QED) is 0.128. The number of carbonyl (C=O) groups excluding carboxylic acids is 3. The van der Waals surface area contributed by atoms with Crippen molar-refractivity contribution < 1.29 is 43.2 Å². The van der Waals surface area contributed by atoms with Crippen LogP contribution in [-0.4, -0.2) is 168 Å². The molecule has 1 aromatic carbocycles. The van der Waals surface area contributed by atoms with Crippen LogP contribution in [0.4, 0.5) is 10.5 Å². The maximum atomic E-state index is 14.8. The monoisotopic (exact) mass is 1030 g/mol. The molecule has 5 fully saturated rings. The summed E-state index contributed by atoms with van der Waals surface area (Å²) in [6.45, 7) is 17.2. The first-order valence-electron chi connectivity index (χ1n) is 26.7. The maximum absolute atomic E-state index is 14.8. The van der Waals surface area contributed by atoms with Crippen LogP contribution in [-0.2, 0) is 46.2 Å². The second-order valence-electron chi connectivity index (χ2n) is 21.6. The molecule has 4 saturated heterocycles. The van der Waals surface area contributed by atoms with Crippen LogP contribution >= 0.6 is 11.3 Å². The first-order chi connectivity index (χ1) is 35.3. The molecular weight excluding hydrogens is 951 g/mol. The topological polar surface area (TPSA) is 185 Å². The van der Waals surface area contributed by atoms with Gasteiger partial charge in [-0.25, -0.2) is 15.2 Å². The summed E-state index contributed by atoms with van der Waals surface area (Å²) in [4.78, 5) is 60.2. The molecule has 0 spiro atoms. The van der Waals surface area contributed by atoms with Gasteiger partial charge in [0.1, 0.15) is 23.2 Å². The van der Waals surface area contributed by atoms with E-state index in [0.29, 0.717) is 75.8 Å². The highest BCUT2D eigenvalue weighted by atomic mass is 32.1. The average Bonchev–Trinajstić information content (AvgIpc) is 4.05. The van der Waals surface area contributed by atoms with Crippen molar-refractivity contribution in [1.82, 2.24) is 40.1 Å². The predicted octanol–water partition coefficient (Wildman–Crippen LogP) is 6.25. The highest BCUT2D eigenvalue weighted by Gasteiger charge is 2.43. The smallest absolute Gasteiger partial charge is 0.324 e. The van der Waals surface area contributed by atoms with Crippen molar-refractivity contribution in [3.63, 3.8) is 0 Å². The Morgan fingerprint density at radius 1 is 1.01 bits per heavy atom. The number of methoxy groups -OCH3 is 1. The van der Waals surface area contributed by atoms with Gasteiger partial charge in [-0.05, 0) is 95.9 Å². The van der Waals surface area contributed by atoms with Crippen molar-refractivity contribution in [1.29, 1.82) is 0 Å². The molecule has 6 bridgehead atoms. The van der Waals surface area contributed by atoms with Crippen LogP contribution in [0.25, 0.3) is 33.4 Å². The number of fused-ring (bicyclic) bond motifs is 6. The highest BCUT2D eigenvalue weighted by Crippen LogP contribution is 2.44. The number of hydrogen-bond donors (Lipinski definition) is 3. The normalized spacial score (nSPS) is 25.3. The summed E-state index contributed by atoms with van der Waals surface area (Å²) in [5, 5.41) is 18.4. The molecule has 6 atom stereocenters. The Morgan fingerprint density at radius 2 is 1.81 bits per heavy atom. The Bertz CT molecular complexity index is 2600. The minimum absolute atomic E-state index is 0.113. The summed E-state index contributed by atoms with van der Waals surface area (Å²) in [5.74, 6) is -0.915. The van der Waals surface area contributed by atoms with Crippen molar-refractivity contribution in [2.24, 2.45) is 5.41 Å². The van der Waals surface area contributed by atoms with Gasteiger partial charge in [0.05, 0.1) is 66.5 Å². The zero-order valence-electron chi connectivity index (χ0n) is 43.5. The number of aliphatic hydroxyl groups excluding tert-OH is 1. The maximum Gasteiger partial charge on any atom is 0.324 e. The van der Waals surface area contributed by atoms with E-state index >= 15 is 0 Å². The van der Waals surface area contributed by atoms with Crippen molar-refractivity contribution in [2.75, 3.05) is 84.3 Å². The molecule has 1 saturated carbocycles. The van der Waals surface area contributed by atoms with Gasteiger partial charge in [-0.15, -0.1) is 11.3 Å². The number of rotatable bonds is 13. The number of carbonyl (C=O) groups is 3. The molecule has 0 unspecified atom stereocenters. The average molecular weight is 1030 g/mol. The van der Waals surface area contributed by atoms with Gasteiger partial charge in [0.25, 0.3) is 5.91 Å². The third kappa shape index (κ3) is 11.2. The number of hydrogen-bond acceptors (Lipinski definition) is 15. The Morgan fingerprint density at radius 3 is 2.52 bits per heavy atom. The first kappa shape index (κ1) is 51.7. The molecule has 73 heavy (non-hydrogen) atoms. The Labute approximate surface area is 433 Å². The molecule has 3 amide bonds. The van der Waals surface area contributed by atoms with Gasteiger partial charge < -0.3 is 48.5 Å². The number of anilines is 1. The van der Waals surface area contributed by atoms with Crippen LogP contribution < -0.4 is 15.6 Å². The van der Waals surface area contributed by atoms with E-state index in [0.717, 1.165) is 89.7 Å². The molecular formula is C54H75N9O9S. The van der Waals surface area contributed by atoms with E-state index in [1.807, 2.05) is 25.4 Å². The number of hydrazine groups is 1. The fourth-order valence-electron chi connectivity index (χ4n) is 11.4. The number of ether oxygens (including phenoxy) is 5. The van der Waals surface area contributed by atoms with Gasteiger partial charge in [-0.2, -0.15) is 0 Å². The molecule has 1 aliphatic carbocycles. The lowest BCUT2D eigenvalue weighted by atomic mass is 9.84. The number of likely N-dealkylation sites (tertiary alicyclic amines) is 1. The molecule has 4 aromatic rings. The predicted molar refractivity (Wildman–Crippen MR) is 278 cm³/mol. The molecule has 0 radical (unpaired) electrons. The van der Waals surface area contributed by atoms with Gasteiger partial charge in [0, 0.05) is 112 Å². The van der Waals surface area contributed by atoms with E-state index in [-0.39, 0.29) is 31.5 Å². The fourth-order valence-corrected chi connectivity index (χ4v) is 12.3. The molecule has 396 valence electrons. The van der Waals surface area contributed by atoms with Gasteiger partial charge >= 0.3 is 12.0 Å². The number of nitrogens with zero attached hydrogens (tertiary/aromatic N) is 7. The van der Waals surface area contributed by atoms with Crippen LogP contribution in [0.1, 0.15) is 108 Å². The number of aliphatic hydroxyl groups is 1. The van der Waals surface area contributed by atoms with Crippen LogP contribution in [0.5, 0.6) is 0 Å². The Balaban J connectivity index is 1.11. The number of aromatic nitrogens is 3. The zero-order chi connectivity index (χ0) is 51.0. The van der Waals surface area contributed by atoms with Crippen LogP contribution in [0.15, 0.2) is 35.8 Å². The molecule has 3 N–H and O–H groups in total.